The smallest absolute Gasteiger partial charge is 0.338 e. The lowest BCUT2D eigenvalue weighted by atomic mass is 10.1. The van der Waals surface area contributed by atoms with E-state index in [0.29, 0.717) is 12.1 Å². The zero-order valence-electron chi connectivity index (χ0n) is 11.2. The number of anilines is 1. The molecule has 2 aromatic rings. The van der Waals surface area contributed by atoms with E-state index in [1.807, 2.05) is 31.4 Å². The van der Waals surface area contributed by atoms with E-state index in [4.69, 9.17) is 4.74 Å². The molecule has 0 radical (unpaired) electrons. The normalized spacial score (nSPS) is 10.3. The highest BCUT2D eigenvalue weighted by Crippen LogP contribution is 2.20. The van der Waals surface area contributed by atoms with Crippen molar-refractivity contribution in [2.24, 2.45) is 0 Å². The summed E-state index contributed by atoms with van der Waals surface area (Å²) >= 11 is 1.63. The van der Waals surface area contributed by atoms with Crippen molar-refractivity contribution in [2.75, 3.05) is 12.4 Å². The third-order valence-corrected chi connectivity index (χ3v) is 3.69. The van der Waals surface area contributed by atoms with Crippen molar-refractivity contribution in [3.63, 3.8) is 0 Å². The molecule has 4 nitrogen and oxygen atoms in total. The van der Waals surface area contributed by atoms with E-state index in [1.54, 1.807) is 17.4 Å². The van der Waals surface area contributed by atoms with Gasteiger partial charge in [-0.25, -0.2) is 9.78 Å². The van der Waals surface area contributed by atoms with Gasteiger partial charge in [-0.05, 0) is 31.5 Å². The van der Waals surface area contributed by atoms with Gasteiger partial charge in [0, 0.05) is 11.1 Å². The van der Waals surface area contributed by atoms with Crippen LogP contribution in [0.4, 0.5) is 5.69 Å². The van der Waals surface area contributed by atoms with Crippen LogP contribution >= 0.6 is 11.3 Å². The van der Waals surface area contributed by atoms with Gasteiger partial charge in [0.1, 0.15) is 0 Å². The first-order chi connectivity index (χ1) is 9.11. The second kappa shape index (κ2) is 5.84. The summed E-state index contributed by atoms with van der Waals surface area (Å²) in [5, 5.41) is 6.38. The summed E-state index contributed by atoms with van der Waals surface area (Å²) in [7, 11) is 1.39. The molecule has 0 fully saturated rings. The van der Waals surface area contributed by atoms with Crippen LogP contribution in [0, 0.1) is 13.8 Å². The van der Waals surface area contributed by atoms with Crippen LogP contribution in [-0.4, -0.2) is 18.1 Å². The summed E-state index contributed by atoms with van der Waals surface area (Å²) in [4.78, 5) is 16.0. The van der Waals surface area contributed by atoms with Crippen LogP contribution in [-0.2, 0) is 11.3 Å². The Morgan fingerprint density at radius 2 is 2.21 bits per heavy atom. The highest BCUT2D eigenvalue weighted by Gasteiger charge is 2.11. The number of aryl methyl sites for hydroxylation is 1. The van der Waals surface area contributed by atoms with E-state index < -0.39 is 0 Å². The van der Waals surface area contributed by atoms with Crippen LogP contribution in [0.25, 0.3) is 0 Å². The van der Waals surface area contributed by atoms with Crippen LogP contribution < -0.4 is 5.32 Å². The van der Waals surface area contributed by atoms with E-state index in [-0.39, 0.29) is 5.97 Å². The number of carbonyl (C=O) groups excluding carboxylic acids is 1. The van der Waals surface area contributed by atoms with Crippen molar-refractivity contribution >= 4 is 23.0 Å². The molecule has 0 saturated carbocycles. The Morgan fingerprint density at radius 1 is 1.42 bits per heavy atom. The van der Waals surface area contributed by atoms with Crippen molar-refractivity contribution in [1.82, 2.24) is 4.98 Å². The monoisotopic (exact) mass is 276 g/mol. The van der Waals surface area contributed by atoms with Gasteiger partial charge in [-0.15, -0.1) is 11.3 Å². The number of rotatable bonds is 4. The molecule has 0 saturated heterocycles. The van der Waals surface area contributed by atoms with E-state index in [9.17, 15) is 4.79 Å². The maximum Gasteiger partial charge on any atom is 0.338 e. The minimum absolute atomic E-state index is 0.314. The minimum atomic E-state index is -0.314. The highest BCUT2D eigenvalue weighted by atomic mass is 32.1. The first kappa shape index (κ1) is 13.5. The molecule has 5 heteroatoms. The molecular formula is C14H16N2O2S. The lowest BCUT2D eigenvalue weighted by molar-refractivity contribution is 0.0600. The van der Waals surface area contributed by atoms with Gasteiger partial charge in [-0.2, -0.15) is 0 Å². The lowest BCUT2D eigenvalue weighted by Crippen LogP contribution is -2.07. The Balaban J connectivity index is 2.14. The second-order valence-corrected chi connectivity index (χ2v) is 5.24. The Kier molecular flexibility index (Phi) is 4.16. The molecule has 0 aliphatic carbocycles. The van der Waals surface area contributed by atoms with E-state index in [0.717, 1.165) is 22.0 Å². The number of carbonyl (C=O) groups is 1. The van der Waals surface area contributed by atoms with Crippen molar-refractivity contribution in [2.45, 2.75) is 20.4 Å². The zero-order valence-corrected chi connectivity index (χ0v) is 12.0. The maximum atomic E-state index is 11.6. The average molecular weight is 276 g/mol. The molecule has 0 aliphatic rings. The lowest BCUT2D eigenvalue weighted by Gasteiger charge is -2.11. The van der Waals surface area contributed by atoms with E-state index in [2.05, 4.69) is 10.3 Å². The van der Waals surface area contributed by atoms with Gasteiger partial charge < -0.3 is 10.1 Å². The van der Waals surface area contributed by atoms with Gasteiger partial charge >= 0.3 is 5.97 Å². The molecule has 1 heterocycles. The molecule has 0 amide bonds. The van der Waals surface area contributed by atoms with Gasteiger partial charge in [0.2, 0.25) is 0 Å². The number of nitrogens with one attached hydrogen (secondary N) is 1. The summed E-state index contributed by atoms with van der Waals surface area (Å²) < 4.78 is 4.76. The Labute approximate surface area is 116 Å². The fourth-order valence-corrected chi connectivity index (χ4v) is 2.45. The first-order valence-corrected chi connectivity index (χ1v) is 6.82. The number of methoxy groups -OCH3 is 1. The Hall–Kier alpha value is -1.88. The maximum absolute atomic E-state index is 11.6. The van der Waals surface area contributed by atoms with Gasteiger partial charge in [0.25, 0.3) is 0 Å². The molecule has 2 rings (SSSR count). The molecule has 1 aromatic carbocycles. The number of ether oxygens (including phenoxy) is 1. The second-order valence-electron chi connectivity index (χ2n) is 4.18. The number of hydrogen-bond acceptors (Lipinski definition) is 5. The minimum Gasteiger partial charge on any atom is -0.465 e. The molecule has 0 spiro atoms. The molecule has 0 aliphatic heterocycles. The van der Waals surface area contributed by atoms with E-state index in [1.165, 1.54) is 7.11 Å². The Morgan fingerprint density at radius 3 is 2.84 bits per heavy atom. The predicted octanol–water partition coefficient (Wildman–Crippen LogP) is 3.16. The highest BCUT2D eigenvalue weighted by molar-refractivity contribution is 7.09. The molecule has 1 N–H and O–H groups in total. The fourth-order valence-electron chi connectivity index (χ4n) is 1.83. The molecule has 0 bridgehead atoms. The third-order valence-electron chi connectivity index (χ3n) is 2.87. The van der Waals surface area contributed by atoms with Crippen LogP contribution in [0.3, 0.4) is 0 Å². The van der Waals surface area contributed by atoms with Crippen molar-refractivity contribution in [1.29, 1.82) is 0 Å². The van der Waals surface area contributed by atoms with Gasteiger partial charge in [-0.3, -0.25) is 0 Å². The van der Waals surface area contributed by atoms with Crippen LogP contribution in [0.15, 0.2) is 23.6 Å². The number of thiazole rings is 1. The quantitative estimate of drug-likeness (QED) is 0.872. The van der Waals surface area contributed by atoms with Crippen molar-refractivity contribution in [3.8, 4) is 0 Å². The van der Waals surface area contributed by atoms with Gasteiger partial charge in [0.05, 0.1) is 29.9 Å². The largest absolute Gasteiger partial charge is 0.465 e. The van der Waals surface area contributed by atoms with Gasteiger partial charge in [0.15, 0.2) is 0 Å². The van der Waals surface area contributed by atoms with Gasteiger partial charge in [-0.1, -0.05) is 6.07 Å². The molecule has 0 unspecified atom stereocenters. The molecular weight excluding hydrogens is 260 g/mol. The van der Waals surface area contributed by atoms with Crippen LogP contribution in [0.1, 0.15) is 26.6 Å². The number of nitrogens with zero attached hydrogens (tertiary/aromatic N) is 1. The van der Waals surface area contributed by atoms with Crippen LogP contribution in [0.2, 0.25) is 0 Å². The zero-order chi connectivity index (χ0) is 13.8. The number of benzene rings is 1. The number of aromatic nitrogens is 1. The molecule has 19 heavy (non-hydrogen) atoms. The van der Waals surface area contributed by atoms with Crippen LogP contribution in [0.5, 0.6) is 0 Å². The van der Waals surface area contributed by atoms with Crippen molar-refractivity contribution in [3.05, 3.63) is 45.4 Å². The summed E-state index contributed by atoms with van der Waals surface area (Å²) in [5.41, 5.74) is 3.40. The van der Waals surface area contributed by atoms with Crippen molar-refractivity contribution < 1.29 is 9.53 Å². The number of esters is 1. The average Bonchev–Trinajstić information content (AvgIpc) is 2.82. The Bertz CT molecular complexity index is 593. The fraction of sp³-hybridized carbons (Fsp3) is 0.286. The molecule has 1 aromatic heterocycles. The summed E-state index contributed by atoms with van der Waals surface area (Å²) in [6, 6.07) is 5.55. The molecule has 100 valence electrons. The first-order valence-electron chi connectivity index (χ1n) is 5.94. The third kappa shape index (κ3) is 3.12. The van der Waals surface area contributed by atoms with E-state index >= 15 is 0 Å². The summed E-state index contributed by atoms with van der Waals surface area (Å²) in [6.07, 6.45) is 0. The SMILES string of the molecule is COC(=O)c1cccc(NCc2csc(C)n2)c1C. The topological polar surface area (TPSA) is 51.2 Å². The number of hydrogen-bond donors (Lipinski definition) is 1. The predicted molar refractivity (Wildman–Crippen MR) is 76.7 cm³/mol. The molecule has 0 atom stereocenters. The summed E-state index contributed by atoms with van der Waals surface area (Å²) in [5.74, 6) is -0.314. The standard InChI is InChI=1S/C14H16N2O2S/c1-9-12(14(17)18-3)5-4-6-13(9)15-7-11-8-19-10(2)16-11/h4-6,8,15H,7H2,1-3H3. The summed E-state index contributed by atoms with van der Waals surface area (Å²) in [6.45, 7) is 4.54.